The van der Waals surface area contributed by atoms with Crippen LogP contribution in [-0.2, 0) is 6.42 Å². The first kappa shape index (κ1) is 15.4. The van der Waals surface area contributed by atoms with Gasteiger partial charge in [0.25, 0.3) is 5.91 Å². The molecule has 0 bridgehead atoms. The first-order valence-electron chi connectivity index (χ1n) is 6.21. The zero-order valence-electron chi connectivity index (χ0n) is 11.5. The molecule has 0 spiro atoms. The maximum absolute atomic E-state index is 13.5. The number of benzene rings is 1. The molecular formula is C14H13F2N3OS. The molecule has 2 aromatic rings. The summed E-state index contributed by atoms with van der Waals surface area (Å²) in [5, 5.41) is 2.96. The molecule has 0 saturated carbocycles. The van der Waals surface area contributed by atoms with Crippen LogP contribution in [0.3, 0.4) is 0 Å². The number of aryl methyl sites for hydroxylation is 1. The van der Waals surface area contributed by atoms with E-state index in [-0.39, 0.29) is 11.3 Å². The van der Waals surface area contributed by atoms with Gasteiger partial charge in [0.05, 0.1) is 16.9 Å². The van der Waals surface area contributed by atoms with Crippen molar-refractivity contribution in [3.05, 3.63) is 47.3 Å². The highest BCUT2D eigenvalue weighted by atomic mass is 32.2. The van der Waals surface area contributed by atoms with Crippen LogP contribution in [0, 0.1) is 11.6 Å². The molecule has 0 aliphatic carbocycles. The second-order valence-electron chi connectivity index (χ2n) is 4.15. The molecule has 0 aliphatic heterocycles. The first-order chi connectivity index (χ1) is 10.0. The van der Waals surface area contributed by atoms with Crippen molar-refractivity contribution in [2.45, 2.75) is 18.5 Å². The number of nitrogens with one attached hydrogen (secondary N) is 1. The summed E-state index contributed by atoms with van der Waals surface area (Å²) < 4.78 is 26.4. The zero-order valence-corrected chi connectivity index (χ0v) is 12.3. The quantitative estimate of drug-likeness (QED) is 0.695. The topological polar surface area (TPSA) is 54.9 Å². The van der Waals surface area contributed by atoms with Gasteiger partial charge in [-0.05, 0) is 24.8 Å². The number of anilines is 1. The average Bonchev–Trinajstić information content (AvgIpc) is 2.49. The Kier molecular flexibility index (Phi) is 4.85. The molecule has 7 heteroatoms. The minimum absolute atomic E-state index is 0.0857. The van der Waals surface area contributed by atoms with E-state index in [0.29, 0.717) is 23.3 Å². The van der Waals surface area contributed by atoms with Gasteiger partial charge in [-0.1, -0.05) is 18.7 Å². The lowest BCUT2D eigenvalue weighted by atomic mass is 10.1. The molecule has 21 heavy (non-hydrogen) atoms. The van der Waals surface area contributed by atoms with Gasteiger partial charge in [-0.15, -0.1) is 0 Å². The van der Waals surface area contributed by atoms with Crippen molar-refractivity contribution in [3.8, 4) is 0 Å². The summed E-state index contributed by atoms with van der Waals surface area (Å²) in [6.07, 6.45) is 3.79. The molecule has 4 nitrogen and oxygen atoms in total. The van der Waals surface area contributed by atoms with Crippen molar-refractivity contribution in [2.24, 2.45) is 0 Å². The van der Waals surface area contributed by atoms with Crippen molar-refractivity contribution in [1.29, 1.82) is 0 Å². The van der Waals surface area contributed by atoms with Crippen LogP contribution < -0.4 is 5.32 Å². The van der Waals surface area contributed by atoms with Gasteiger partial charge in [0.15, 0.2) is 5.16 Å². The fraction of sp³-hybridized carbons (Fsp3) is 0.214. The third-order valence-electron chi connectivity index (χ3n) is 2.79. The number of aromatic nitrogens is 2. The van der Waals surface area contributed by atoms with Crippen molar-refractivity contribution >= 4 is 23.4 Å². The maximum Gasteiger partial charge on any atom is 0.259 e. The summed E-state index contributed by atoms with van der Waals surface area (Å²) >= 11 is 1.37. The summed E-state index contributed by atoms with van der Waals surface area (Å²) in [7, 11) is 0. The zero-order chi connectivity index (χ0) is 15.4. The number of hydrogen-bond acceptors (Lipinski definition) is 4. The monoisotopic (exact) mass is 309 g/mol. The van der Waals surface area contributed by atoms with E-state index in [1.165, 1.54) is 24.0 Å². The Morgan fingerprint density at radius 1 is 1.38 bits per heavy atom. The van der Waals surface area contributed by atoms with Crippen LogP contribution in [0.1, 0.15) is 23.0 Å². The smallest absolute Gasteiger partial charge is 0.259 e. The maximum atomic E-state index is 13.5. The SMILES string of the molecule is CCc1nc(SC)ncc1C(=O)Nc1ccc(F)cc1F. The molecule has 0 unspecified atom stereocenters. The Morgan fingerprint density at radius 3 is 2.76 bits per heavy atom. The lowest BCUT2D eigenvalue weighted by molar-refractivity contribution is 0.102. The molecule has 1 aromatic carbocycles. The van der Waals surface area contributed by atoms with Gasteiger partial charge >= 0.3 is 0 Å². The molecule has 1 heterocycles. The van der Waals surface area contributed by atoms with Gasteiger partial charge in [0, 0.05) is 12.3 Å². The summed E-state index contributed by atoms with van der Waals surface area (Å²) in [6, 6.07) is 2.96. The van der Waals surface area contributed by atoms with Gasteiger partial charge in [-0.25, -0.2) is 18.7 Å². The van der Waals surface area contributed by atoms with E-state index in [2.05, 4.69) is 15.3 Å². The van der Waals surface area contributed by atoms with E-state index in [1.807, 2.05) is 13.2 Å². The second-order valence-corrected chi connectivity index (χ2v) is 4.92. The van der Waals surface area contributed by atoms with Crippen molar-refractivity contribution in [3.63, 3.8) is 0 Å². The molecule has 2 rings (SSSR count). The van der Waals surface area contributed by atoms with E-state index in [1.54, 1.807) is 0 Å². The van der Waals surface area contributed by atoms with E-state index in [0.717, 1.165) is 6.07 Å². The second kappa shape index (κ2) is 6.62. The standard InChI is InChI=1S/C14H13F2N3OS/c1-3-11-9(7-17-14(19-11)21-2)13(20)18-12-5-4-8(15)6-10(12)16/h4-7H,3H2,1-2H3,(H,18,20). The molecule has 110 valence electrons. The number of hydrogen-bond donors (Lipinski definition) is 1. The van der Waals surface area contributed by atoms with Gasteiger partial charge < -0.3 is 5.32 Å². The van der Waals surface area contributed by atoms with Crippen LogP contribution in [0.5, 0.6) is 0 Å². The highest BCUT2D eigenvalue weighted by Crippen LogP contribution is 2.18. The van der Waals surface area contributed by atoms with Crippen LogP contribution in [0.25, 0.3) is 0 Å². The van der Waals surface area contributed by atoms with E-state index >= 15 is 0 Å². The minimum Gasteiger partial charge on any atom is -0.319 e. The Labute approximate surface area is 125 Å². The summed E-state index contributed by atoms with van der Waals surface area (Å²) in [5.41, 5.74) is 0.769. The summed E-state index contributed by atoms with van der Waals surface area (Å²) in [4.78, 5) is 20.5. The van der Waals surface area contributed by atoms with Crippen molar-refractivity contribution < 1.29 is 13.6 Å². The lowest BCUT2D eigenvalue weighted by Crippen LogP contribution is -2.16. The van der Waals surface area contributed by atoms with E-state index in [4.69, 9.17) is 0 Å². The summed E-state index contributed by atoms with van der Waals surface area (Å²) in [5.74, 6) is -2.06. The Morgan fingerprint density at radius 2 is 2.14 bits per heavy atom. The molecule has 0 saturated heterocycles. The van der Waals surface area contributed by atoms with Crippen LogP contribution in [0.4, 0.5) is 14.5 Å². The number of thioether (sulfide) groups is 1. The number of carbonyl (C=O) groups excluding carboxylic acids is 1. The van der Waals surface area contributed by atoms with E-state index < -0.39 is 17.5 Å². The van der Waals surface area contributed by atoms with Gasteiger partial charge in [0.2, 0.25) is 0 Å². The van der Waals surface area contributed by atoms with Gasteiger partial charge in [-0.2, -0.15) is 0 Å². The molecule has 1 N–H and O–H groups in total. The fourth-order valence-corrected chi connectivity index (χ4v) is 2.10. The van der Waals surface area contributed by atoms with Crippen LogP contribution in [-0.4, -0.2) is 22.1 Å². The van der Waals surface area contributed by atoms with Gasteiger partial charge in [0.1, 0.15) is 11.6 Å². The molecule has 0 radical (unpaired) electrons. The predicted octanol–water partition coefficient (Wildman–Crippen LogP) is 3.29. The average molecular weight is 309 g/mol. The molecule has 0 fully saturated rings. The molecular weight excluding hydrogens is 296 g/mol. The van der Waals surface area contributed by atoms with Crippen molar-refractivity contribution in [2.75, 3.05) is 11.6 Å². The molecule has 1 amide bonds. The summed E-state index contributed by atoms with van der Waals surface area (Å²) in [6.45, 7) is 1.86. The predicted molar refractivity (Wildman–Crippen MR) is 77.5 cm³/mol. The number of rotatable bonds is 4. The van der Waals surface area contributed by atoms with Crippen molar-refractivity contribution in [1.82, 2.24) is 9.97 Å². The van der Waals surface area contributed by atoms with Gasteiger partial charge in [-0.3, -0.25) is 4.79 Å². The Balaban J connectivity index is 2.28. The Bertz CT molecular complexity index is 679. The Hall–Kier alpha value is -2.02. The highest BCUT2D eigenvalue weighted by molar-refractivity contribution is 7.98. The highest BCUT2D eigenvalue weighted by Gasteiger charge is 2.15. The van der Waals surface area contributed by atoms with E-state index in [9.17, 15) is 13.6 Å². The third kappa shape index (κ3) is 3.55. The number of carbonyl (C=O) groups is 1. The molecule has 1 aromatic heterocycles. The van der Waals surface area contributed by atoms with Crippen LogP contribution in [0.15, 0.2) is 29.6 Å². The number of amides is 1. The first-order valence-corrected chi connectivity index (χ1v) is 7.44. The number of halogens is 2. The fourth-order valence-electron chi connectivity index (χ4n) is 1.74. The molecule has 0 aliphatic rings. The third-order valence-corrected chi connectivity index (χ3v) is 3.35. The molecule has 0 atom stereocenters. The van der Waals surface area contributed by atoms with Crippen LogP contribution >= 0.6 is 11.8 Å². The lowest BCUT2D eigenvalue weighted by Gasteiger charge is -2.09. The minimum atomic E-state index is -0.831. The van der Waals surface area contributed by atoms with Crippen LogP contribution in [0.2, 0.25) is 0 Å². The normalized spacial score (nSPS) is 10.5. The largest absolute Gasteiger partial charge is 0.319 e. The number of nitrogens with zero attached hydrogens (tertiary/aromatic N) is 2.